The molecule has 0 bridgehead atoms. The van der Waals surface area contributed by atoms with Gasteiger partial charge in [0.15, 0.2) is 8.90 Å². The fourth-order valence-electron chi connectivity index (χ4n) is 0.375. The van der Waals surface area contributed by atoms with Crippen molar-refractivity contribution in [3.05, 3.63) is 0 Å². The molecule has 0 saturated carbocycles. The van der Waals surface area contributed by atoms with E-state index in [0.717, 1.165) is 0 Å². The largest absolute Gasteiger partial charge is 0.470 e. The molecule has 0 rings (SSSR count). The lowest BCUT2D eigenvalue weighted by Crippen LogP contribution is -2.20. The van der Waals surface area contributed by atoms with Gasteiger partial charge in [0, 0.05) is 10.7 Å². The average Bonchev–Trinajstić information content (AvgIpc) is 1.53. The second-order valence-electron chi connectivity index (χ2n) is 2.08. The Labute approximate surface area is 70.4 Å². The summed E-state index contributed by atoms with van der Waals surface area (Å²) in [4.78, 5) is 10.5. The van der Waals surface area contributed by atoms with Gasteiger partial charge in [-0.3, -0.25) is 4.79 Å². The van der Waals surface area contributed by atoms with Crippen LogP contribution in [0, 0.1) is 0 Å². The van der Waals surface area contributed by atoms with Crippen molar-refractivity contribution in [2.75, 3.05) is 0 Å². The molecule has 0 saturated heterocycles. The van der Waals surface area contributed by atoms with Crippen molar-refractivity contribution < 1.29 is 17.9 Å². The monoisotopic (exact) mass is 197 g/mol. The summed E-state index contributed by atoms with van der Waals surface area (Å²) in [6.45, 7) is 3.54. The molecule has 11 heavy (non-hydrogen) atoms. The van der Waals surface area contributed by atoms with Crippen molar-refractivity contribution >= 4 is 32.0 Å². The van der Waals surface area contributed by atoms with Gasteiger partial charge in [-0.25, -0.2) is 8.42 Å². The van der Waals surface area contributed by atoms with E-state index in [0.29, 0.717) is 6.56 Å². The van der Waals surface area contributed by atoms with Gasteiger partial charge in [0.05, 0.1) is 6.10 Å². The summed E-state index contributed by atoms with van der Waals surface area (Å²) in [6.07, 6.45) is -0.350. The van der Waals surface area contributed by atoms with Crippen molar-refractivity contribution in [1.29, 1.82) is 0 Å². The number of carbonyl (C=O) groups is 1. The predicted octanol–water partition coefficient (Wildman–Crippen LogP) is 0.719. The highest BCUT2D eigenvalue weighted by molar-refractivity contribution is 8.34. The van der Waals surface area contributed by atoms with E-state index in [-0.39, 0.29) is 6.10 Å². The molecule has 0 unspecified atom stereocenters. The normalized spacial score (nSPS) is 11.3. The van der Waals surface area contributed by atoms with E-state index in [1.165, 1.54) is 0 Å². The standard InChI is InChI=1S/C4H7BClO4S/c1-3(2)10-4(7)5-11(6,8)9/h3H,1-2H3. The van der Waals surface area contributed by atoms with Crippen LogP contribution < -0.4 is 0 Å². The molecule has 0 spiro atoms. The Morgan fingerprint density at radius 2 is 2.00 bits per heavy atom. The van der Waals surface area contributed by atoms with Gasteiger partial charge in [-0.2, -0.15) is 0 Å². The number of ether oxygens (including phenoxy) is 1. The van der Waals surface area contributed by atoms with E-state index in [9.17, 15) is 13.2 Å². The van der Waals surface area contributed by atoms with Crippen LogP contribution in [0.3, 0.4) is 0 Å². The van der Waals surface area contributed by atoms with Crippen LogP contribution in [0.4, 0.5) is 4.79 Å². The van der Waals surface area contributed by atoms with Gasteiger partial charge in [-0.05, 0) is 13.8 Å². The molecule has 0 aliphatic carbocycles. The molecule has 0 aliphatic rings. The molecule has 4 nitrogen and oxygen atoms in total. The van der Waals surface area contributed by atoms with Gasteiger partial charge >= 0.3 is 6.56 Å². The highest BCUT2D eigenvalue weighted by Gasteiger charge is 2.19. The van der Waals surface area contributed by atoms with Gasteiger partial charge in [-0.1, -0.05) is 0 Å². The van der Waals surface area contributed by atoms with Crippen molar-refractivity contribution in [2.24, 2.45) is 0 Å². The van der Waals surface area contributed by atoms with Gasteiger partial charge in [0.2, 0.25) is 0 Å². The summed E-state index contributed by atoms with van der Waals surface area (Å²) in [5.41, 5.74) is 0. The summed E-state index contributed by atoms with van der Waals surface area (Å²) in [6, 6.07) is 0. The molecule has 7 heteroatoms. The lowest BCUT2D eigenvalue weighted by Gasteiger charge is -2.04. The van der Waals surface area contributed by atoms with E-state index >= 15 is 0 Å². The van der Waals surface area contributed by atoms with E-state index in [4.69, 9.17) is 10.7 Å². The summed E-state index contributed by atoms with van der Waals surface area (Å²) in [5, 5.41) is 0. The van der Waals surface area contributed by atoms with Gasteiger partial charge in [-0.15, -0.1) is 0 Å². The maximum Gasteiger partial charge on any atom is 0.443 e. The third-order valence-corrected chi connectivity index (χ3v) is 1.33. The zero-order chi connectivity index (χ0) is 9.07. The molecule has 1 radical (unpaired) electrons. The van der Waals surface area contributed by atoms with Crippen LogP contribution in [0.1, 0.15) is 13.8 Å². The van der Waals surface area contributed by atoms with Gasteiger partial charge < -0.3 is 4.74 Å². The van der Waals surface area contributed by atoms with Gasteiger partial charge in [0.1, 0.15) is 0 Å². The fraction of sp³-hybridized carbons (Fsp3) is 0.750. The topological polar surface area (TPSA) is 60.4 Å². The Kier molecular flexibility index (Phi) is 3.89. The first-order chi connectivity index (χ1) is 4.81. The van der Waals surface area contributed by atoms with Crippen molar-refractivity contribution in [2.45, 2.75) is 20.0 Å². The lowest BCUT2D eigenvalue weighted by molar-refractivity contribution is 0.141. The summed E-state index contributed by atoms with van der Waals surface area (Å²) in [5.74, 6) is -0.949. The van der Waals surface area contributed by atoms with Crippen LogP contribution in [0.5, 0.6) is 0 Å². The third-order valence-electron chi connectivity index (χ3n) is 0.589. The fourth-order valence-corrected chi connectivity index (χ4v) is 0.879. The number of hydrogen-bond acceptors (Lipinski definition) is 4. The molecule has 0 atom stereocenters. The molecular weight excluding hydrogens is 190 g/mol. The number of rotatable bonds is 3. The van der Waals surface area contributed by atoms with E-state index in [1.807, 2.05) is 0 Å². The maximum atomic E-state index is 10.5. The Morgan fingerprint density at radius 1 is 1.55 bits per heavy atom. The minimum absolute atomic E-state index is 0.328. The lowest BCUT2D eigenvalue weighted by atomic mass is 10.1. The second kappa shape index (κ2) is 3.97. The van der Waals surface area contributed by atoms with Crippen LogP contribution >= 0.6 is 10.7 Å². The number of carbonyl (C=O) groups excluding carboxylic acids is 1. The summed E-state index contributed by atoms with van der Waals surface area (Å²) in [7, 11) is 0.831. The van der Waals surface area contributed by atoms with E-state index in [2.05, 4.69) is 4.74 Å². The summed E-state index contributed by atoms with van der Waals surface area (Å²) >= 11 is 0. The van der Waals surface area contributed by atoms with Crippen LogP contribution in [0.15, 0.2) is 0 Å². The van der Waals surface area contributed by atoms with Crippen LogP contribution in [-0.2, 0) is 13.6 Å². The molecule has 0 N–H and O–H groups in total. The predicted molar refractivity (Wildman–Crippen MR) is 42.1 cm³/mol. The number of hydrogen-bond donors (Lipinski definition) is 0. The van der Waals surface area contributed by atoms with Gasteiger partial charge in [0.25, 0.3) is 5.87 Å². The molecule has 0 aromatic heterocycles. The van der Waals surface area contributed by atoms with E-state index < -0.39 is 14.8 Å². The first-order valence-corrected chi connectivity index (χ1v) is 5.18. The molecular formula is C4H7BClO4S. The van der Waals surface area contributed by atoms with Crippen molar-refractivity contribution in [3.63, 3.8) is 0 Å². The molecule has 0 aromatic carbocycles. The Balaban J connectivity index is 3.91. The maximum absolute atomic E-state index is 10.5. The van der Waals surface area contributed by atoms with Crippen LogP contribution in [0.25, 0.3) is 0 Å². The zero-order valence-corrected chi connectivity index (χ0v) is 7.65. The van der Waals surface area contributed by atoms with Crippen molar-refractivity contribution in [1.82, 2.24) is 0 Å². The first-order valence-electron chi connectivity index (χ1n) is 2.81. The van der Waals surface area contributed by atoms with Crippen LogP contribution in [-0.4, -0.2) is 26.9 Å². The highest BCUT2D eigenvalue weighted by atomic mass is 35.7. The van der Waals surface area contributed by atoms with E-state index in [1.54, 1.807) is 13.8 Å². The highest BCUT2D eigenvalue weighted by Crippen LogP contribution is 1.97. The summed E-state index contributed by atoms with van der Waals surface area (Å²) < 4.78 is 24.9. The smallest absolute Gasteiger partial charge is 0.443 e. The third kappa shape index (κ3) is 7.67. The average molecular weight is 197 g/mol. The Morgan fingerprint density at radius 3 is 2.27 bits per heavy atom. The number of halogens is 1. The van der Waals surface area contributed by atoms with Crippen molar-refractivity contribution in [3.8, 4) is 0 Å². The molecule has 0 aromatic rings. The Bertz CT molecular complexity index is 234. The SMILES string of the molecule is CC(C)OC(=O)[B]S(=O)(=O)Cl. The zero-order valence-electron chi connectivity index (χ0n) is 6.07. The second-order valence-corrected chi connectivity index (χ2v) is 4.56. The molecule has 0 heterocycles. The molecule has 0 amide bonds. The first kappa shape index (κ1) is 10.8. The van der Waals surface area contributed by atoms with Crippen LogP contribution in [0.2, 0.25) is 0 Å². The Hall–Kier alpha value is -0.225. The minimum Gasteiger partial charge on any atom is -0.470 e. The quantitative estimate of drug-likeness (QED) is 0.494. The molecule has 63 valence electrons. The molecule has 0 aliphatic heterocycles. The minimum atomic E-state index is -3.90. The molecule has 0 fully saturated rings.